The number of halogens is 2. The molecule has 1 aliphatic heterocycles. The van der Waals surface area contributed by atoms with Crippen molar-refractivity contribution in [3.05, 3.63) is 75.4 Å². The average Bonchev–Trinajstić information content (AvgIpc) is 3.17. The van der Waals surface area contributed by atoms with Crippen LogP contribution in [0.3, 0.4) is 0 Å². The molecular weight excluding hydrogens is 369 g/mol. The first kappa shape index (κ1) is 17.1. The number of H-pyrrole nitrogens is 1. The lowest BCUT2D eigenvalue weighted by molar-refractivity contribution is 0.0744. The Morgan fingerprint density at radius 2 is 1.85 bits per heavy atom. The van der Waals surface area contributed by atoms with Crippen LogP contribution in [0.5, 0.6) is 0 Å². The van der Waals surface area contributed by atoms with Gasteiger partial charge in [-0.2, -0.15) is 5.10 Å². The molecule has 1 atom stereocenters. The van der Waals surface area contributed by atoms with Gasteiger partial charge in [-0.1, -0.05) is 60.5 Å². The van der Waals surface area contributed by atoms with Crippen molar-refractivity contribution >= 4 is 29.1 Å². The van der Waals surface area contributed by atoms with Crippen LogP contribution in [-0.4, -0.2) is 27.5 Å². The summed E-state index contributed by atoms with van der Waals surface area (Å²) in [6.07, 6.45) is 0.862. The minimum atomic E-state index is -0.254. The van der Waals surface area contributed by atoms with E-state index in [-0.39, 0.29) is 11.9 Å². The van der Waals surface area contributed by atoms with Gasteiger partial charge < -0.3 is 4.90 Å². The van der Waals surface area contributed by atoms with Crippen molar-refractivity contribution in [2.45, 2.75) is 19.4 Å². The maximum Gasteiger partial charge on any atom is 0.273 e. The van der Waals surface area contributed by atoms with Crippen molar-refractivity contribution in [1.29, 1.82) is 0 Å². The number of carbonyl (C=O) groups is 1. The van der Waals surface area contributed by atoms with Gasteiger partial charge in [-0.05, 0) is 30.2 Å². The van der Waals surface area contributed by atoms with Gasteiger partial charge in [-0.3, -0.25) is 9.89 Å². The van der Waals surface area contributed by atoms with Crippen molar-refractivity contribution in [1.82, 2.24) is 15.1 Å². The highest BCUT2D eigenvalue weighted by molar-refractivity contribution is 6.31. The summed E-state index contributed by atoms with van der Waals surface area (Å²) < 4.78 is 0. The fourth-order valence-electron chi connectivity index (χ4n) is 3.52. The number of nitrogens with zero attached hydrogens (tertiary/aromatic N) is 2. The number of rotatable bonds is 4. The minimum Gasteiger partial charge on any atom is -0.326 e. The zero-order valence-electron chi connectivity index (χ0n) is 14.2. The first-order valence-corrected chi connectivity index (χ1v) is 9.27. The van der Waals surface area contributed by atoms with Gasteiger partial charge in [0.05, 0.1) is 11.7 Å². The molecule has 0 spiro atoms. The zero-order chi connectivity index (χ0) is 18.3. The van der Waals surface area contributed by atoms with E-state index in [1.165, 1.54) is 0 Å². The Balaban J connectivity index is 1.91. The monoisotopic (exact) mass is 385 g/mol. The lowest BCUT2D eigenvalue weighted by Crippen LogP contribution is -2.30. The number of amides is 1. The summed E-state index contributed by atoms with van der Waals surface area (Å²) in [5.74, 6) is -0.0421. The Kier molecular flexibility index (Phi) is 4.47. The van der Waals surface area contributed by atoms with E-state index in [1.54, 1.807) is 0 Å². The van der Waals surface area contributed by atoms with Gasteiger partial charge in [0.1, 0.15) is 5.69 Å². The van der Waals surface area contributed by atoms with Crippen molar-refractivity contribution in [2.24, 2.45) is 0 Å². The molecule has 132 valence electrons. The third-order valence-electron chi connectivity index (χ3n) is 4.65. The summed E-state index contributed by atoms with van der Waals surface area (Å²) in [6, 6.07) is 14.9. The summed E-state index contributed by atoms with van der Waals surface area (Å²) in [6.45, 7) is 2.71. The molecule has 0 radical (unpaired) electrons. The van der Waals surface area contributed by atoms with E-state index in [2.05, 4.69) is 17.1 Å². The number of hydrogen-bond donors (Lipinski definition) is 1. The van der Waals surface area contributed by atoms with Gasteiger partial charge >= 0.3 is 0 Å². The van der Waals surface area contributed by atoms with Gasteiger partial charge in [0.2, 0.25) is 0 Å². The molecule has 4 nitrogen and oxygen atoms in total. The quantitative estimate of drug-likeness (QED) is 0.658. The van der Waals surface area contributed by atoms with Crippen molar-refractivity contribution in [2.75, 3.05) is 6.54 Å². The number of aromatic amines is 1. The Morgan fingerprint density at radius 3 is 2.54 bits per heavy atom. The number of benzene rings is 2. The fraction of sp³-hybridized carbons (Fsp3) is 0.200. The van der Waals surface area contributed by atoms with Gasteiger partial charge in [0.25, 0.3) is 5.91 Å². The third-order valence-corrected chi connectivity index (χ3v) is 5.24. The normalized spacial score (nSPS) is 16.2. The van der Waals surface area contributed by atoms with E-state index < -0.39 is 0 Å². The molecule has 3 aromatic rings. The lowest BCUT2D eigenvalue weighted by atomic mass is 9.96. The highest BCUT2D eigenvalue weighted by Gasteiger charge is 2.42. The maximum atomic E-state index is 13.0. The molecular formula is C20H17Cl2N3O. The summed E-state index contributed by atoms with van der Waals surface area (Å²) in [4.78, 5) is 14.8. The van der Waals surface area contributed by atoms with E-state index in [0.29, 0.717) is 22.3 Å². The smallest absolute Gasteiger partial charge is 0.273 e. The van der Waals surface area contributed by atoms with Crippen LogP contribution < -0.4 is 0 Å². The second-order valence-electron chi connectivity index (χ2n) is 6.29. The molecule has 6 heteroatoms. The van der Waals surface area contributed by atoms with Crippen LogP contribution in [0.1, 0.15) is 41.0 Å². The zero-order valence-corrected chi connectivity index (χ0v) is 15.7. The van der Waals surface area contributed by atoms with Crippen LogP contribution in [0.25, 0.3) is 11.3 Å². The fourth-order valence-corrected chi connectivity index (χ4v) is 3.88. The summed E-state index contributed by atoms with van der Waals surface area (Å²) >= 11 is 12.5. The molecule has 1 unspecified atom stereocenters. The van der Waals surface area contributed by atoms with Gasteiger partial charge in [0.15, 0.2) is 0 Å². The standard InChI is InChI=1S/C20H17Cl2N3O/c1-2-11-25-19(14-5-3-4-6-15(14)22)16-17(23-24-18(16)20(25)26)12-7-9-13(21)10-8-12/h3-10,19H,2,11H2,1H3,(H,23,24). The Labute approximate surface area is 161 Å². The Hall–Kier alpha value is -2.30. The Morgan fingerprint density at radius 1 is 1.12 bits per heavy atom. The molecule has 0 fully saturated rings. The van der Waals surface area contributed by atoms with Crippen LogP contribution >= 0.6 is 23.2 Å². The summed E-state index contributed by atoms with van der Waals surface area (Å²) in [5, 5.41) is 8.67. The molecule has 0 aliphatic carbocycles. The number of nitrogens with one attached hydrogen (secondary N) is 1. The second-order valence-corrected chi connectivity index (χ2v) is 7.13. The van der Waals surface area contributed by atoms with E-state index in [9.17, 15) is 4.79 Å². The van der Waals surface area contributed by atoms with Crippen LogP contribution in [0.15, 0.2) is 48.5 Å². The first-order chi connectivity index (χ1) is 12.6. The molecule has 1 N–H and O–H groups in total. The van der Waals surface area contributed by atoms with Gasteiger partial charge in [0, 0.05) is 27.7 Å². The number of fused-ring (bicyclic) bond motifs is 1. The summed E-state index contributed by atoms with van der Waals surface area (Å²) in [7, 11) is 0. The van der Waals surface area contributed by atoms with Crippen molar-refractivity contribution < 1.29 is 4.79 Å². The number of carbonyl (C=O) groups excluding carboxylic acids is 1. The van der Waals surface area contributed by atoms with E-state index >= 15 is 0 Å². The number of hydrogen-bond acceptors (Lipinski definition) is 2. The maximum absolute atomic E-state index is 13.0. The number of aromatic nitrogens is 2. The van der Waals surface area contributed by atoms with Gasteiger partial charge in [-0.15, -0.1) is 0 Å². The molecule has 1 aromatic heterocycles. The summed E-state index contributed by atoms with van der Waals surface area (Å²) in [5.41, 5.74) is 3.99. The van der Waals surface area contributed by atoms with Crippen LogP contribution in [0, 0.1) is 0 Å². The van der Waals surface area contributed by atoms with E-state index in [4.69, 9.17) is 23.2 Å². The highest BCUT2D eigenvalue weighted by Crippen LogP contribution is 2.44. The SMILES string of the molecule is CCCN1C(=O)c2[nH]nc(-c3ccc(Cl)cc3)c2C1c1ccccc1Cl. The molecule has 2 aromatic carbocycles. The molecule has 26 heavy (non-hydrogen) atoms. The second kappa shape index (κ2) is 6.78. The molecule has 2 heterocycles. The van der Waals surface area contributed by atoms with Crippen LogP contribution in [0.4, 0.5) is 0 Å². The predicted octanol–water partition coefficient (Wildman–Crippen LogP) is 5.34. The Bertz CT molecular complexity index is 965. The van der Waals surface area contributed by atoms with E-state index in [1.807, 2.05) is 53.4 Å². The molecule has 0 saturated carbocycles. The molecule has 4 rings (SSSR count). The average molecular weight is 386 g/mol. The van der Waals surface area contributed by atoms with Crippen molar-refractivity contribution in [3.8, 4) is 11.3 Å². The largest absolute Gasteiger partial charge is 0.326 e. The topological polar surface area (TPSA) is 49.0 Å². The first-order valence-electron chi connectivity index (χ1n) is 8.51. The van der Waals surface area contributed by atoms with Crippen LogP contribution in [-0.2, 0) is 0 Å². The predicted molar refractivity (Wildman–Crippen MR) is 104 cm³/mol. The lowest BCUT2D eigenvalue weighted by Gasteiger charge is -2.26. The van der Waals surface area contributed by atoms with E-state index in [0.717, 1.165) is 28.8 Å². The molecule has 1 amide bonds. The third kappa shape index (κ3) is 2.70. The van der Waals surface area contributed by atoms with Crippen molar-refractivity contribution in [3.63, 3.8) is 0 Å². The van der Waals surface area contributed by atoms with Crippen LogP contribution in [0.2, 0.25) is 10.0 Å². The highest BCUT2D eigenvalue weighted by atomic mass is 35.5. The molecule has 0 saturated heterocycles. The van der Waals surface area contributed by atoms with Gasteiger partial charge in [-0.25, -0.2) is 0 Å². The molecule has 1 aliphatic rings. The minimum absolute atomic E-state index is 0.0421. The molecule has 0 bridgehead atoms.